The van der Waals surface area contributed by atoms with Gasteiger partial charge >= 0.3 is 0 Å². The lowest BCUT2D eigenvalue weighted by atomic mass is 10.1. The second-order valence-electron chi connectivity index (χ2n) is 6.49. The van der Waals surface area contributed by atoms with Gasteiger partial charge in [-0.25, -0.2) is 4.68 Å². The van der Waals surface area contributed by atoms with E-state index in [1.54, 1.807) is 29.5 Å². The first-order valence-electron chi connectivity index (χ1n) is 9.40. The molecule has 0 aliphatic rings. The summed E-state index contributed by atoms with van der Waals surface area (Å²) in [6.45, 7) is 0. The molecule has 1 N–H and O–H groups in total. The number of para-hydroxylation sites is 1. The molecule has 0 atom stereocenters. The van der Waals surface area contributed by atoms with E-state index in [1.807, 2.05) is 60.7 Å². The maximum Gasteiger partial charge on any atom is 0.261 e. The lowest BCUT2D eigenvalue weighted by Crippen LogP contribution is -2.12. The normalized spacial score (nSPS) is 10.7. The van der Waals surface area contributed by atoms with Gasteiger partial charge in [0.25, 0.3) is 5.91 Å². The van der Waals surface area contributed by atoms with Gasteiger partial charge in [-0.15, -0.1) is 10.2 Å². The van der Waals surface area contributed by atoms with Crippen LogP contribution >= 0.6 is 11.3 Å². The van der Waals surface area contributed by atoms with Crippen LogP contribution in [-0.2, 0) is 0 Å². The highest BCUT2D eigenvalue weighted by Gasteiger charge is 2.20. The molecule has 1 amide bonds. The van der Waals surface area contributed by atoms with Crippen LogP contribution in [0.1, 0.15) is 10.4 Å². The van der Waals surface area contributed by atoms with Gasteiger partial charge in [0.2, 0.25) is 5.13 Å². The first-order valence-corrected chi connectivity index (χ1v) is 10.2. The highest BCUT2D eigenvalue weighted by atomic mass is 32.1. The van der Waals surface area contributed by atoms with E-state index in [9.17, 15) is 4.79 Å². The zero-order valence-electron chi connectivity index (χ0n) is 16.1. The molecular weight excluding hydrogens is 410 g/mol. The van der Waals surface area contributed by atoms with Gasteiger partial charge in [-0.3, -0.25) is 20.1 Å². The van der Waals surface area contributed by atoms with Gasteiger partial charge in [-0.1, -0.05) is 35.6 Å². The van der Waals surface area contributed by atoms with Crippen molar-refractivity contribution in [2.45, 2.75) is 0 Å². The van der Waals surface area contributed by atoms with E-state index in [0.29, 0.717) is 27.1 Å². The number of carbonyl (C=O) groups is 1. The Hall–Kier alpha value is -4.24. The van der Waals surface area contributed by atoms with Crippen molar-refractivity contribution >= 4 is 22.4 Å². The summed E-state index contributed by atoms with van der Waals surface area (Å²) in [5, 5.41) is 16.7. The fraction of sp³-hybridized carbons (Fsp3) is 0. The van der Waals surface area contributed by atoms with Crippen LogP contribution in [0.4, 0.5) is 5.13 Å². The van der Waals surface area contributed by atoms with E-state index < -0.39 is 0 Å². The number of carbonyl (C=O) groups excluding carboxylic acids is 1. The maximum atomic E-state index is 13.1. The summed E-state index contributed by atoms with van der Waals surface area (Å²) in [5.41, 5.74) is 3.23. The van der Waals surface area contributed by atoms with Crippen LogP contribution in [0.2, 0.25) is 0 Å². The molecular formula is C22H15N7OS. The van der Waals surface area contributed by atoms with Gasteiger partial charge in [0.05, 0.1) is 11.3 Å². The van der Waals surface area contributed by atoms with Crippen LogP contribution < -0.4 is 5.32 Å². The molecule has 5 rings (SSSR count). The van der Waals surface area contributed by atoms with Gasteiger partial charge in [-0.2, -0.15) is 5.10 Å². The van der Waals surface area contributed by atoms with Crippen molar-refractivity contribution in [3.63, 3.8) is 0 Å². The molecule has 8 nitrogen and oxygen atoms in total. The predicted molar refractivity (Wildman–Crippen MR) is 118 cm³/mol. The van der Waals surface area contributed by atoms with E-state index in [-0.39, 0.29) is 5.91 Å². The molecule has 5 aromatic rings. The number of pyridine rings is 2. The fourth-order valence-electron chi connectivity index (χ4n) is 3.00. The van der Waals surface area contributed by atoms with Crippen LogP contribution in [0.15, 0.2) is 85.5 Å². The molecule has 0 spiro atoms. The van der Waals surface area contributed by atoms with Crippen molar-refractivity contribution in [2.24, 2.45) is 0 Å². The Bertz CT molecular complexity index is 1320. The summed E-state index contributed by atoms with van der Waals surface area (Å²) < 4.78 is 1.68. The van der Waals surface area contributed by atoms with Gasteiger partial charge in [0.1, 0.15) is 11.4 Å². The largest absolute Gasteiger partial charge is 0.296 e. The molecule has 0 aliphatic heterocycles. The van der Waals surface area contributed by atoms with E-state index in [0.717, 1.165) is 11.3 Å². The first kappa shape index (κ1) is 18.8. The molecule has 0 bridgehead atoms. The quantitative estimate of drug-likeness (QED) is 0.455. The third kappa shape index (κ3) is 3.94. The van der Waals surface area contributed by atoms with Crippen molar-refractivity contribution in [3.8, 4) is 27.6 Å². The molecule has 0 aliphatic carbocycles. The number of amides is 1. The zero-order valence-corrected chi connectivity index (χ0v) is 16.9. The molecule has 0 unspecified atom stereocenters. The molecule has 150 valence electrons. The molecule has 0 saturated carbocycles. The summed E-state index contributed by atoms with van der Waals surface area (Å²) in [7, 11) is 0. The number of hydrogen-bond donors (Lipinski definition) is 1. The number of aromatic nitrogens is 6. The molecule has 4 aromatic heterocycles. The number of anilines is 1. The molecule has 0 fully saturated rings. The molecule has 1 aromatic carbocycles. The first-order chi connectivity index (χ1) is 15.3. The van der Waals surface area contributed by atoms with Crippen molar-refractivity contribution < 1.29 is 4.79 Å². The average molecular weight is 425 g/mol. The Balaban J connectivity index is 1.48. The second kappa shape index (κ2) is 8.25. The van der Waals surface area contributed by atoms with Gasteiger partial charge in [-0.05, 0) is 36.4 Å². The molecule has 0 radical (unpaired) electrons. The SMILES string of the molecule is O=C(Nc1nnc(-c2ccccn2)s1)c1cn(-c2ccccc2)nc1-c1cccnc1. The summed E-state index contributed by atoms with van der Waals surface area (Å²) in [4.78, 5) is 21.6. The van der Waals surface area contributed by atoms with Gasteiger partial charge in [0, 0.05) is 30.4 Å². The van der Waals surface area contributed by atoms with Gasteiger partial charge in [0.15, 0.2) is 5.01 Å². The van der Waals surface area contributed by atoms with Crippen LogP contribution in [-0.4, -0.2) is 35.9 Å². The lowest BCUT2D eigenvalue weighted by molar-refractivity contribution is 0.102. The molecule has 9 heteroatoms. The van der Waals surface area contributed by atoms with Crippen molar-refractivity contribution in [1.82, 2.24) is 29.9 Å². The minimum Gasteiger partial charge on any atom is -0.296 e. The van der Waals surface area contributed by atoms with E-state index in [4.69, 9.17) is 0 Å². The third-order valence-corrected chi connectivity index (χ3v) is 5.31. The Kier molecular flexibility index (Phi) is 4.99. The fourth-order valence-corrected chi connectivity index (χ4v) is 3.72. The van der Waals surface area contributed by atoms with Gasteiger partial charge < -0.3 is 0 Å². The van der Waals surface area contributed by atoms with Crippen LogP contribution in [0.5, 0.6) is 0 Å². The van der Waals surface area contributed by atoms with Crippen LogP contribution in [0.25, 0.3) is 27.6 Å². The summed E-state index contributed by atoms with van der Waals surface area (Å²) >= 11 is 1.26. The number of hydrogen-bond acceptors (Lipinski definition) is 7. The summed E-state index contributed by atoms with van der Waals surface area (Å²) in [6.07, 6.45) is 6.75. The van der Waals surface area contributed by atoms with E-state index >= 15 is 0 Å². The number of benzene rings is 1. The smallest absolute Gasteiger partial charge is 0.261 e. The van der Waals surface area contributed by atoms with Crippen molar-refractivity contribution in [2.75, 3.05) is 5.32 Å². The van der Waals surface area contributed by atoms with Crippen LogP contribution in [0.3, 0.4) is 0 Å². The monoisotopic (exact) mass is 425 g/mol. The average Bonchev–Trinajstić information content (AvgIpc) is 3.49. The predicted octanol–water partition coefficient (Wildman–Crippen LogP) is 4.10. The Morgan fingerprint density at radius 3 is 2.58 bits per heavy atom. The van der Waals surface area contributed by atoms with Crippen molar-refractivity contribution in [3.05, 3.63) is 91.0 Å². The standard InChI is InChI=1S/C22H15N7OS/c30-20(25-22-27-26-21(31-22)18-10-4-5-12-24-18)17-14-29(16-8-2-1-3-9-16)28-19(17)15-7-6-11-23-13-15/h1-14H,(H,25,27,30). The lowest BCUT2D eigenvalue weighted by Gasteiger charge is -2.01. The number of nitrogens with zero attached hydrogens (tertiary/aromatic N) is 6. The minimum absolute atomic E-state index is 0.329. The Labute approximate surface area is 181 Å². The van der Waals surface area contributed by atoms with E-state index in [1.165, 1.54) is 11.3 Å². The molecule has 4 heterocycles. The maximum absolute atomic E-state index is 13.1. The summed E-state index contributed by atoms with van der Waals surface area (Å²) in [6, 6.07) is 18.8. The molecule has 31 heavy (non-hydrogen) atoms. The number of rotatable bonds is 5. The number of nitrogens with one attached hydrogen (secondary N) is 1. The Morgan fingerprint density at radius 1 is 0.935 bits per heavy atom. The third-order valence-electron chi connectivity index (χ3n) is 4.44. The summed E-state index contributed by atoms with van der Waals surface area (Å²) in [5.74, 6) is -0.329. The topological polar surface area (TPSA) is 98.5 Å². The molecule has 0 saturated heterocycles. The second-order valence-corrected chi connectivity index (χ2v) is 7.47. The van der Waals surface area contributed by atoms with Crippen molar-refractivity contribution in [1.29, 1.82) is 0 Å². The highest BCUT2D eigenvalue weighted by Crippen LogP contribution is 2.27. The highest BCUT2D eigenvalue weighted by molar-refractivity contribution is 7.18. The van der Waals surface area contributed by atoms with E-state index in [2.05, 4.69) is 30.6 Å². The van der Waals surface area contributed by atoms with Crippen LogP contribution in [0, 0.1) is 0 Å². The zero-order chi connectivity index (χ0) is 21.0. The minimum atomic E-state index is -0.329. The Morgan fingerprint density at radius 2 is 1.81 bits per heavy atom.